The van der Waals surface area contributed by atoms with Crippen LogP contribution in [0.1, 0.15) is 0 Å². The molecule has 0 unspecified atom stereocenters. The molecule has 0 aromatic rings. The van der Waals surface area contributed by atoms with E-state index in [0.29, 0.717) is 6.54 Å². The Morgan fingerprint density at radius 1 is 1.29 bits per heavy atom. The first-order valence-corrected chi connectivity index (χ1v) is 4.37. The van der Waals surface area contributed by atoms with Gasteiger partial charge in [0.2, 0.25) is 0 Å². The lowest BCUT2D eigenvalue weighted by Crippen LogP contribution is -2.50. The molecular weight excluding hydrogens is 233 g/mol. The van der Waals surface area contributed by atoms with Crippen LogP contribution in [0, 0.1) is 11.8 Å². The molecule has 0 aromatic carbocycles. The van der Waals surface area contributed by atoms with Gasteiger partial charge in [-0.05, 0) is 19.5 Å². The molecule has 1 N–H and O–H groups in total. The summed E-state index contributed by atoms with van der Waals surface area (Å²) in [7, 11) is 1.91. The Kier molecular flexibility index (Phi) is 5.05. The average Bonchev–Trinajstić information content (AvgIpc) is 2.30. The second-order valence-electron chi connectivity index (χ2n) is 3.98. The molecule has 2 heterocycles. The van der Waals surface area contributed by atoms with Crippen molar-refractivity contribution in [2.75, 3.05) is 33.2 Å². The van der Waals surface area contributed by atoms with E-state index in [9.17, 15) is 8.78 Å². The van der Waals surface area contributed by atoms with Gasteiger partial charge in [-0.2, -0.15) is 0 Å². The first-order valence-electron chi connectivity index (χ1n) is 4.37. The fraction of sp³-hybridized carbons (Fsp3) is 1.00. The molecule has 2 rings (SSSR count). The quantitative estimate of drug-likeness (QED) is 0.695. The monoisotopic (exact) mass is 248 g/mol. The highest BCUT2D eigenvalue weighted by molar-refractivity contribution is 5.85. The number of nitrogens with zero attached hydrogens (tertiary/aromatic N) is 1. The molecule has 0 spiro atoms. The van der Waals surface area contributed by atoms with Crippen molar-refractivity contribution in [2.45, 2.75) is 5.92 Å². The van der Waals surface area contributed by atoms with Crippen LogP contribution in [-0.4, -0.2) is 44.0 Å². The lowest BCUT2D eigenvalue weighted by Gasteiger charge is -2.33. The lowest BCUT2D eigenvalue weighted by atomic mass is 9.87. The Balaban J connectivity index is 0.000000845. The van der Waals surface area contributed by atoms with Gasteiger partial charge >= 0.3 is 0 Å². The molecule has 0 bridgehead atoms. The van der Waals surface area contributed by atoms with E-state index in [4.69, 9.17) is 0 Å². The summed E-state index contributed by atoms with van der Waals surface area (Å²) in [6.45, 7) is 1.99. The fourth-order valence-electron chi connectivity index (χ4n) is 2.33. The second kappa shape index (κ2) is 4.92. The summed E-state index contributed by atoms with van der Waals surface area (Å²) in [5, 5.41) is 2.79. The molecule has 86 valence electrons. The normalized spacial score (nSPS) is 35.4. The van der Waals surface area contributed by atoms with Crippen molar-refractivity contribution in [3.8, 4) is 0 Å². The zero-order chi connectivity index (χ0) is 8.77. The maximum atomic E-state index is 13.2. The van der Waals surface area contributed by atoms with E-state index in [2.05, 4.69) is 5.32 Å². The Hall–Kier alpha value is 0.360. The van der Waals surface area contributed by atoms with Crippen LogP contribution in [0.2, 0.25) is 0 Å². The zero-order valence-corrected chi connectivity index (χ0v) is 9.64. The molecule has 6 heteroatoms. The Morgan fingerprint density at radius 2 is 1.93 bits per heavy atom. The van der Waals surface area contributed by atoms with E-state index in [1.54, 1.807) is 0 Å². The van der Waals surface area contributed by atoms with E-state index in [1.165, 1.54) is 0 Å². The number of halogens is 4. The van der Waals surface area contributed by atoms with Crippen LogP contribution >= 0.6 is 24.8 Å². The molecule has 2 fully saturated rings. The van der Waals surface area contributed by atoms with E-state index in [-0.39, 0.29) is 37.3 Å². The van der Waals surface area contributed by atoms with Gasteiger partial charge in [0.1, 0.15) is 0 Å². The minimum Gasteiger partial charge on any atom is -0.311 e. The van der Waals surface area contributed by atoms with Crippen LogP contribution in [0.15, 0.2) is 0 Å². The lowest BCUT2D eigenvalue weighted by molar-refractivity contribution is -0.0817. The van der Waals surface area contributed by atoms with Crippen LogP contribution < -0.4 is 5.32 Å². The largest absolute Gasteiger partial charge is 0.311 e. The maximum Gasteiger partial charge on any atom is 0.264 e. The van der Waals surface area contributed by atoms with E-state index >= 15 is 0 Å². The third kappa shape index (κ3) is 2.48. The molecule has 0 amide bonds. The van der Waals surface area contributed by atoms with E-state index in [0.717, 1.165) is 13.1 Å². The number of alkyl halides is 2. The second-order valence-corrected chi connectivity index (χ2v) is 3.98. The van der Waals surface area contributed by atoms with Gasteiger partial charge in [0.25, 0.3) is 5.92 Å². The third-order valence-electron chi connectivity index (χ3n) is 2.93. The highest BCUT2D eigenvalue weighted by Crippen LogP contribution is 2.37. The molecule has 2 saturated heterocycles. The topological polar surface area (TPSA) is 15.3 Å². The smallest absolute Gasteiger partial charge is 0.264 e. The molecule has 0 aliphatic carbocycles. The van der Waals surface area contributed by atoms with Gasteiger partial charge in [-0.1, -0.05) is 0 Å². The summed E-state index contributed by atoms with van der Waals surface area (Å²) >= 11 is 0. The minimum absolute atomic E-state index is 0. The van der Waals surface area contributed by atoms with Crippen LogP contribution in [0.5, 0.6) is 0 Å². The van der Waals surface area contributed by atoms with Gasteiger partial charge in [-0.15, -0.1) is 24.8 Å². The molecule has 0 saturated carbocycles. The molecule has 14 heavy (non-hydrogen) atoms. The number of piperidine rings is 1. The average molecular weight is 249 g/mol. The molecule has 2 nitrogen and oxygen atoms in total. The summed E-state index contributed by atoms with van der Waals surface area (Å²) in [4.78, 5) is 2.00. The SMILES string of the molecule is CN1C[C@H]2CNCC(F)(F)[C@H]2C1.Cl.Cl. The van der Waals surface area contributed by atoms with Crippen LogP contribution in [0.4, 0.5) is 8.78 Å². The van der Waals surface area contributed by atoms with Gasteiger partial charge in [-0.25, -0.2) is 8.78 Å². The third-order valence-corrected chi connectivity index (χ3v) is 2.93. The van der Waals surface area contributed by atoms with Crippen molar-refractivity contribution in [3.63, 3.8) is 0 Å². The van der Waals surface area contributed by atoms with Crippen molar-refractivity contribution < 1.29 is 8.78 Å². The Labute approximate surface area is 95.2 Å². The molecule has 2 aliphatic rings. The van der Waals surface area contributed by atoms with Crippen LogP contribution in [-0.2, 0) is 0 Å². The maximum absolute atomic E-state index is 13.2. The highest BCUT2D eigenvalue weighted by Gasteiger charge is 2.50. The molecule has 2 atom stereocenters. The standard InChI is InChI=1S/C8H14F2N2.2ClH/c1-12-3-6-2-11-5-8(9,10)7(6)4-12;;/h6-7,11H,2-5H2,1H3;2*1H/t6-,7+;;/m1../s1. The van der Waals surface area contributed by atoms with Crippen LogP contribution in [0.3, 0.4) is 0 Å². The summed E-state index contributed by atoms with van der Waals surface area (Å²) in [5.41, 5.74) is 0. The first kappa shape index (κ1) is 14.4. The Bertz CT molecular complexity index is 192. The molecule has 0 aromatic heterocycles. The van der Waals surface area contributed by atoms with Gasteiger partial charge in [0.15, 0.2) is 0 Å². The summed E-state index contributed by atoms with van der Waals surface area (Å²) in [6.07, 6.45) is 0. The van der Waals surface area contributed by atoms with Gasteiger partial charge in [0, 0.05) is 19.0 Å². The number of rotatable bonds is 0. The molecular formula is C8H16Cl2F2N2. The van der Waals surface area contributed by atoms with Crippen molar-refractivity contribution >= 4 is 24.8 Å². The van der Waals surface area contributed by atoms with Gasteiger partial charge < -0.3 is 10.2 Å². The van der Waals surface area contributed by atoms with Crippen molar-refractivity contribution in [2.24, 2.45) is 11.8 Å². The minimum atomic E-state index is -2.49. The predicted molar refractivity (Wildman–Crippen MR) is 56.8 cm³/mol. The number of likely N-dealkylation sites (tertiary alicyclic amines) is 1. The fourth-order valence-corrected chi connectivity index (χ4v) is 2.33. The Morgan fingerprint density at radius 3 is 2.50 bits per heavy atom. The van der Waals surface area contributed by atoms with Crippen molar-refractivity contribution in [1.82, 2.24) is 10.2 Å². The highest BCUT2D eigenvalue weighted by atomic mass is 35.5. The zero-order valence-electron chi connectivity index (χ0n) is 8.00. The molecule has 0 radical (unpaired) electrons. The summed E-state index contributed by atoms with van der Waals surface area (Å²) in [6, 6.07) is 0. The van der Waals surface area contributed by atoms with E-state index < -0.39 is 11.8 Å². The number of hydrogen-bond acceptors (Lipinski definition) is 2. The van der Waals surface area contributed by atoms with E-state index in [1.807, 2.05) is 11.9 Å². The molecule has 2 aliphatic heterocycles. The van der Waals surface area contributed by atoms with Crippen molar-refractivity contribution in [1.29, 1.82) is 0 Å². The number of nitrogens with one attached hydrogen (secondary N) is 1. The van der Waals surface area contributed by atoms with Crippen molar-refractivity contribution in [3.05, 3.63) is 0 Å². The summed E-state index contributed by atoms with van der Waals surface area (Å²) < 4.78 is 26.5. The number of hydrogen-bond donors (Lipinski definition) is 1. The van der Waals surface area contributed by atoms with Gasteiger partial charge in [-0.3, -0.25) is 0 Å². The predicted octanol–water partition coefficient (Wildman–Crippen LogP) is 1.25. The summed E-state index contributed by atoms with van der Waals surface area (Å²) in [5.74, 6) is -2.75. The van der Waals surface area contributed by atoms with Gasteiger partial charge in [0.05, 0.1) is 6.54 Å². The number of fused-ring (bicyclic) bond motifs is 1. The first-order chi connectivity index (χ1) is 5.59. The van der Waals surface area contributed by atoms with Crippen LogP contribution in [0.25, 0.3) is 0 Å².